The van der Waals surface area contributed by atoms with Gasteiger partial charge in [0.2, 0.25) is 0 Å². The molecule has 128 valence electrons. The number of hydrogen-bond acceptors (Lipinski definition) is 3. The van der Waals surface area contributed by atoms with Gasteiger partial charge in [0, 0.05) is 18.0 Å². The lowest BCUT2D eigenvalue weighted by Crippen LogP contribution is -2.27. The molecule has 0 spiro atoms. The third kappa shape index (κ3) is 4.67. The molecule has 2 aromatic rings. The minimum atomic E-state index is -0.0245. The smallest absolute Gasteiger partial charge is 0.167 e. The quantitative estimate of drug-likeness (QED) is 0.657. The Bertz CT molecular complexity index is 568. The fraction of sp³-hybridized carbons (Fsp3) is 0.667. The van der Waals surface area contributed by atoms with E-state index in [1.165, 1.54) is 19.3 Å². The Balaban J connectivity index is 2.09. The maximum absolute atomic E-state index is 5.96. The normalized spacial score (nSPS) is 11.6. The molecular weight excluding hydrogens is 288 g/mol. The molecule has 0 unspecified atom stereocenters. The van der Waals surface area contributed by atoms with Crippen molar-refractivity contribution in [2.45, 2.75) is 66.5 Å². The fourth-order valence-electron chi connectivity index (χ4n) is 2.96. The first-order valence-electron chi connectivity index (χ1n) is 8.66. The van der Waals surface area contributed by atoms with E-state index in [1.54, 1.807) is 0 Å². The number of nitrogens with zero attached hydrogens (tertiary/aromatic N) is 4. The van der Waals surface area contributed by atoms with E-state index in [4.69, 9.17) is 4.74 Å². The Labute approximate surface area is 139 Å². The molecule has 2 aromatic heterocycles. The molecule has 5 heteroatoms. The Morgan fingerprint density at radius 2 is 1.48 bits per heavy atom. The molecule has 0 atom stereocenters. The van der Waals surface area contributed by atoms with Gasteiger partial charge in [0.05, 0.1) is 18.0 Å². The van der Waals surface area contributed by atoms with Crippen molar-refractivity contribution in [1.82, 2.24) is 19.6 Å². The first kappa shape index (κ1) is 17.7. The molecule has 0 aliphatic carbocycles. The molecule has 0 amide bonds. The van der Waals surface area contributed by atoms with Crippen LogP contribution in [0.2, 0.25) is 0 Å². The van der Waals surface area contributed by atoms with Crippen LogP contribution in [0.1, 0.15) is 61.5 Å². The topological polar surface area (TPSA) is 44.9 Å². The molecule has 0 bridgehead atoms. The summed E-state index contributed by atoms with van der Waals surface area (Å²) in [4.78, 5) is 0. The molecule has 5 nitrogen and oxygen atoms in total. The molecule has 0 radical (unpaired) electrons. The van der Waals surface area contributed by atoms with E-state index in [0.29, 0.717) is 6.61 Å². The van der Waals surface area contributed by atoms with Crippen LogP contribution in [0.3, 0.4) is 0 Å². The van der Waals surface area contributed by atoms with Crippen molar-refractivity contribution in [2.75, 3.05) is 13.2 Å². The Kier molecular flexibility index (Phi) is 6.39. The van der Waals surface area contributed by atoms with Gasteiger partial charge in [0.25, 0.3) is 0 Å². The number of ether oxygens (including phenoxy) is 1. The van der Waals surface area contributed by atoms with Gasteiger partial charge in [-0.2, -0.15) is 10.2 Å². The minimum absolute atomic E-state index is 0.0245. The molecule has 2 heterocycles. The lowest BCUT2D eigenvalue weighted by atomic mass is 10.2. The molecule has 0 fully saturated rings. The summed E-state index contributed by atoms with van der Waals surface area (Å²) in [6.07, 6.45) is 4.86. The SMILES string of the molecule is CCCCCCOCC(n1nc(C)cc1C)n1nc(C)cc1C. The van der Waals surface area contributed by atoms with E-state index >= 15 is 0 Å². The molecule has 0 aliphatic heterocycles. The highest BCUT2D eigenvalue weighted by Crippen LogP contribution is 2.17. The van der Waals surface area contributed by atoms with E-state index in [9.17, 15) is 0 Å². The van der Waals surface area contributed by atoms with Gasteiger partial charge >= 0.3 is 0 Å². The first-order valence-corrected chi connectivity index (χ1v) is 8.66. The largest absolute Gasteiger partial charge is 0.377 e. The summed E-state index contributed by atoms with van der Waals surface area (Å²) in [7, 11) is 0. The van der Waals surface area contributed by atoms with E-state index < -0.39 is 0 Å². The summed E-state index contributed by atoms with van der Waals surface area (Å²) in [5.74, 6) is 0. The highest BCUT2D eigenvalue weighted by atomic mass is 16.5. The molecule has 0 N–H and O–H groups in total. The Hall–Kier alpha value is -1.62. The van der Waals surface area contributed by atoms with Crippen LogP contribution in [0.4, 0.5) is 0 Å². The minimum Gasteiger partial charge on any atom is -0.377 e. The first-order chi connectivity index (χ1) is 11.0. The molecule has 0 saturated carbocycles. The lowest BCUT2D eigenvalue weighted by molar-refractivity contribution is 0.0792. The lowest BCUT2D eigenvalue weighted by Gasteiger charge is -2.21. The van der Waals surface area contributed by atoms with Gasteiger partial charge in [0.1, 0.15) is 0 Å². The zero-order valence-electron chi connectivity index (χ0n) is 15.2. The van der Waals surface area contributed by atoms with Crippen molar-refractivity contribution in [3.63, 3.8) is 0 Å². The molecule has 0 saturated heterocycles. The Morgan fingerprint density at radius 1 is 0.913 bits per heavy atom. The highest BCUT2D eigenvalue weighted by molar-refractivity contribution is 5.11. The van der Waals surface area contributed by atoms with Crippen molar-refractivity contribution in [1.29, 1.82) is 0 Å². The van der Waals surface area contributed by atoms with Gasteiger partial charge in [0.15, 0.2) is 6.17 Å². The van der Waals surface area contributed by atoms with Gasteiger partial charge in [-0.25, -0.2) is 9.36 Å². The van der Waals surface area contributed by atoms with Gasteiger partial charge in [-0.3, -0.25) is 0 Å². The van der Waals surface area contributed by atoms with Crippen LogP contribution in [-0.2, 0) is 4.74 Å². The molecule has 0 aliphatic rings. The number of aryl methyl sites for hydroxylation is 4. The zero-order valence-corrected chi connectivity index (χ0v) is 15.2. The number of unbranched alkanes of at least 4 members (excludes halogenated alkanes) is 3. The number of aromatic nitrogens is 4. The average Bonchev–Trinajstić information content (AvgIpc) is 3.00. The summed E-state index contributed by atoms with van der Waals surface area (Å²) < 4.78 is 10.0. The van der Waals surface area contributed by atoms with Crippen LogP contribution < -0.4 is 0 Å². The third-order valence-electron chi connectivity index (χ3n) is 4.06. The summed E-state index contributed by atoms with van der Waals surface area (Å²) in [5, 5.41) is 9.28. The molecule has 0 aromatic carbocycles. The van der Waals surface area contributed by atoms with Gasteiger partial charge in [-0.05, 0) is 46.2 Å². The molecule has 2 rings (SSSR count). The van der Waals surface area contributed by atoms with Crippen LogP contribution in [0.25, 0.3) is 0 Å². The number of rotatable bonds is 9. The second kappa shape index (κ2) is 8.29. The maximum atomic E-state index is 5.96. The fourth-order valence-corrected chi connectivity index (χ4v) is 2.96. The van der Waals surface area contributed by atoms with Crippen LogP contribution in [0.15, 0.2) is 12.1 Å². The van der Waals surface area contributed by atoms with Crippen LogP contribution in [0, 0.1) is 27.7 Å². The summed E-state index contributed by atoms with van der Waals surface area (Å²) >= 11 is 0. The second-order valence-electron chi connectivity index (χ2n) is 6.36. The molecular formula is C18H30N4O. The van der Waals surface area contributed by atoms with E-state index in [0.717, 1.165) is 35.8 Å². The van der Waals surface area contributed by atoms with Crippen molar-refractivity contribution >= 4 is 0 Å². The number of hydrogen-bond donors (Lipinski definition) is 0. The van der Waals surface area contributed by atoms with E-state index in [-0.39, 0.29) is 6.17 Å². The standard InChI is InChI=1S/C18H30N4O/c1-6-7-8-9-10-23-13-18(21-16(4)11-14(2)19-21)22-17(5)12-15(3)20-22/h11-12,18H,6-10,13H2,1-5H3. The monoisotopic (exact) mass is 318 g/mol. The molecule has 23 heavy (non-hydrogen) atoms. The average molecular weight is 318 g/mol. The second-order valence-corrected chi connectivity index (χ2v) is 6.36. The van der Waals surface area contributed by atoms with Crippen LogP contribution in [0.5, 0.6) is 0 Å². The maximum Gasteiger partial charge on any atom is 0.167 e. The van der Waals surface area contributed by atoms with Gasteiger partial charge < -0.3 is 4.74 Å². The highest BCUT2D eigenvalue weighted by Gasteiger charge is 2.19. The Morgan fingerprint density at radius 3 is 1.91 bits per heavy atom. The van der Waals surface area contributed by atoms with E-state index in [2.05, 4.69) is 43.1 Å². The zero-order chi connectivity index (χ0) is 16.8. The third-order valence-corrected chi connectivity index (χ3v) is 4.06. The van der Waals surface area contributed by atoms with Crippen LogP contribution >= 0.6 is 0 Å². The summed E-state index contributed by atoms with van der Waals surface area (Å²) in [5.41, 5.74) is 4.32. The summed E-state index contributed by atoms with van der Waals surface area (Å²) in [6.45, 7) is 11.8. The van der Waals surface area contributed by atoms with Crippen molar-refractivity contribution in [3.8, 4) is 0 Å². The predicted molar refractivity (Wildman–Crippen MR) is 92.8 cm³/mol. The summed E-state index contributed by atoms with van der Waals surface area (Å²) in [6, 6.07) is 4.19. The predicted octanol–water partition coefficient (Wildman–Crippen LogP) is 3.96. The van der Waals surface area contributed by atoms with Crippen molar-refractivity contribution in [2.24, 2.45) is 0 Å². The van der Waals surface area contributed by atoms with Crippen LogP contribution in [-0.4, -0.2) is 32.8 Å². The van der Waals surface area contributed by atoms with Gasteiger partial charge in [-0.15, -0.1) is 0 Å². The van der Waals surface area contributed by atoms with Crippen molar-refractivity contribution < 1.29 is 4.74 Å². The van der Waals surface area contributed by atoms with Gasteiger partial charge in [-0.1, -0.05) is 26.2 Å². The van der Waals surface area contributed by atoms with E-state index in [1.807, 2.05) is 23.2 Å². The van der Waals surface area contributed by atoms with Crippen molar-refractivity contribution in [3.05, 3.63) is 34.9 Å².